The Morgan fingerprint density at radius 3 is 2.58 bits per heavy atom. The van der Waals surface area contributed by atoms with Crippen LogP contribution in [0, 0.1) is 6.92 Å². The van der Waals surface area contributed by atoms with E-state index in [0.29, 0.717) is 27.7 Å². The second-order valence-electron chi connectivity index (χ2n) is 8.62. The van der Waals surface area contributed by atoms with Gasteiger partial charge in [0.15, 0.2) is 5.76 Å². The first-order chi connectivity index (χ1) is 18.3. The van der Waals surface area contributed by atoms with Gasteiger partial charge >= 0.3 is 12.1 Å². The molecule has 2 N–H and O–H groups in total. The van der Waals surface area contributed by atoms with Crippen molar-refractivity contribution in [3.63, 3.8) is 0 Å². The molecule has 0 radical (unpaired) electrons. The maximum atomic E-state index is 12.8. The van der Waals surface area contributed by atoms with Gasteiger partial charge in [0, 0.05) is 21.7 Å². The molecule has 0 aliphatic rings. The van der Waals surface area contributed by atoms with Crippen molar-refractivity contribution in [2.45, 2.75) is 26.4 Å². The van der Waals surface area contributed by atoms with Gasteiger partial charge in [0.2, 0.25) is 0 Å². The molecule has 10 heteroatoms. The van der Waals surface area contributed by atoms with Crippen molar-refractivity contribution in [3.8, 4) is 22.5 Å². The molecule has 5 aromatic rings. The first-order valence-electron chi connectivity index (χ1n) is 11.7. The number of hydrogen-bond acceptors (Lipinski definition) is 7. The summed E-state index contributed by atoms with van der Waals surface area (Å²) >= 11 is 7.68. The van der Waals surface area contributed by atoms with E-state index < -0.39 is 18.2 Å². The molecule has 5 rings (SSSR count). The fourth-order valence-corrected chi connectivity index (χ4v) is 5.31. The number of fused-ring (bicyclic) bond motifs is 1. The molecule has 0 saturated heterocycles. The van der Waals surface area contributed by atoms with Gasteiger partial charge in [-0.2, -0.15) is 0 Å². The Hall–Kier alpha value is -4.21. The molecule has 3 aromatic carbocycles. The van der Waals surface area contributed by atoms with E-state index >= 15 is 0 Å². The van der Waals surface area contributed by atoms with Gasteiger partial charge in [-0.15, -0.1) is 11.3 Å². The SMILES string of the molecule is Cc1noc(-c2ccc(-c3ccc(CC(=O)O)cc3)c3ncsc23)c1NC(=O)OC(C)c1ccccc1Cl. The van der Waals surface area contributed by atoms with Crippen molar-refractivity contribution in [2.24, 2.45) is 0 Å². The number of halogens is 1. The van der Waals surface area contributed by atoms with Crippen LogP contribution in [-0.4, -0.2) is 27.3 Å². The highest BCUT2D eigenvalue weighted by Gasteiger charge is 2.23. The third-order valence-corrected chi connectivity index (χ3v) is 7.27. The maximum Gasteiger partial charge on any atom is 0.412 e. The van der Waals surface area contributed by atoms with E-state index in [4.69, 9.17) is 26.0 Å². The van der Waals surface area contributed by atoms with Crippen LogP contribution >= 0.6 is 22.9 Å². The van der Waals surface area contributed by atoms with Crippen LogP contribution in [0.5, 0.6) is 0 Å². The first-order valence-corrected chi connectivity index (χ1v) is 12.9. The summed E-state index contributed by atoms with van der Waals surface area (Å²) in [5.41, 5.74) is 7.35. The molecule has 1 atom stereocenters. The van der Waals surface area contributed by atoms with Crippen LogP contribution in [0.2, 0.25) is 5.02 Å². The summed E-state index contributed by atoms with van der Waals surface area (Å²) in [6.45, 7) is 3.48. The highest BCUT2D eigenvalue weighted by atomic mass is 35.5. The van der Waals surface area contributed by atoms with E-state index in [1.165, 1.54) is 11.3 Å². The Morgan fingerprint density at radius 1 is 1.11 bits per heavy atom. The topological polar surface area (TPSA) is 115 Å². The molecule has 0 fully saturated rings. The number of anilines is 1. The Labute approximate surface area is 226 Å². The predicted molar refractivity (Wildman–Crippen MR) is 147 cm³/mol. The van der Waals surface area contributed by atoms with Crippen molar-refractivity contribution < 1.29 is 24.0 Å². The minimum absolute atomic E-state index is 0.0362. The number of aromatic nitrogens is 2. The number of benzene rings is 3. The number of carboxylic acids is 1. The van der Waals surface area contributed by atoms with E-state index in [0.717, 1.165) is 32.5 Å². The standard InChI is InChI=1S/C28H22ClN3O5S/c1-15-24(31-28(35)36-16(2)19-5-3-4-6-22(19)29)26(37-32-15)21-12-11-20(25-27(21)38-14-30-25)18-9-7-17(8-10-18)13-23(33)34/h3-12,14,16H,13H2,1-2H3,(H,31,35)(H,33,34). The quantitative estimate of drug-likeness (QED) is 0.216. The Kier molecular flexibility index (Phi) is 7.13. The molecule has 0 aliphatic carbocycles. The fraction of sp³-hybridized carbons (Fsp3) is 0.143. The Balaban J connectivity index is 1.43. The monoisotopic (exact) mass is 547 g/mol. The van der Waals surface area contributed by atoms with Crippen LogP contribution in [0.25, 0.3) is 32.7 Å². The summed E-state index contributed by atoms with van der Waals surface area (Å²) in [7, 11) is 0. The van der Waals surface area contributed by atoms with Gasteiger partial charge < -0.3 is 14.4 Å². The number of nitrogens with one attached hydrogen (secondary N) is 1. The number of amides is 1. The number of carbonyl (C=O) groups excluding carboxylic acids is 1. The zero-order chi connectivity index (χ0) is 26.8. The van der Waals surface area contributed by atoms with Gasteiger partial charge in [-0.05, 0) is 37.1 Å². The number of ether oxygens (including phenoxy) is 1. The molecule has 0 saturated carbocycles. The average Bonchev–Trinajstić information content (AvgIpc) is 3.51. The number of thiazole rings is 1. The van der Waals surface area contributed by atoms with Crippen LogP contribution in [0.4, 0.5) is 10.5 Å². The highest BCUT2D eigenvalue weighted by Crippen LogP contribution is 2.41. The third kappa shape index (κ3) is 5.11. The first kappa shape index (κ1) is 25.4. The maximum absolute atomic E-state index is 12.8. The molecular formula is C28H22ClN3O5S. The number of rotatable bonds is 7. The lowest BCUT2D eigenvalue weighted by molar-refractivity contribution is -0.136. The second-order valence-corrected chi connectivity index (χ2v) is 9.89. The lowest BCUT2D eigenvalue weighted by atomic mass is 9.99. The van der Waals surface area contributed by atoms with Crippen LogP contribution in [0.15, 0.2) is 70.7 Å². The summed E-state index contributed by atoms with van der Waals surface area (Å²) in [4.78, 5) is 28.4. The third-order valence-electron chi connectivity index (χ3n) is 6.07. The summed E-state index contributed by atoms with van der Waals surface area (Å²) in [5.74, 6) is -0.486. The van der Waals surface area contributed by atoms with Gasteiger partial charge in [-0.25, -0.2) is 9.78 Å². The Bertz CT molecular complexity index is 1640. The highest BCUT2D eigenvalue weighted by molar-refractivity contribution is 7.17. The van der Waals surface area contributed by atoms with Gasteiger partial charge in [0.1, 0.15) is 17.5 Å². The van der Waals surface area contributed by atoms with Crippen LogP contribution < -0.4 is 5.32 Å². The molecular weight excluding hydrogens is 526 g/mol. The zero-order valence-corrected chi connectivity index (χ0v) is 22.0. The van der Waals surface area contributed by atoms with Gasteiger partial charge in [-0.3, -0.25) is 10.1 Å². The van der Waals surface area contributed by atoms with Crippen molar-refractivity contribution in [1.29, 1.82) is 0 Å². The zero-order valence-electron chi connectivity index (χ0n) is 20.4. The van der Waals surface area contributed by atoms with Crippen LogP contribution in [-0.2, 0) is 16.0 Å². The summed E-state index contributed by atoms with van der Waals surface area (Å²) in [6.07, 6.45) is -1.27. The average molecular weight is 548 g/mol. The molecule has 2 heterocycles. The number of aryl methyl sites for hydroxylation is 1. The normalized spacial score (nSPS) is 11.9. The minimum Gasteiger partial charge on any atom is -0.481 e. The number of carboxylic acid groups (broad SMARTS) is 1. The van der Waals surface area contributed by atoms with E-state index in [1.807, 2.05) is 36.4 Å². The van der Waals surface area contributed by atoms with E-state index in [2.05, 4.69) is 15.5 Å². The number of nitrogens with zero attached hydrogens (tertiary/aromatic N) is 2. The van der Waals surface area contributed by atoms with Gasteiger partial charge in [-0.1, -0.05) is 65.3 Å². The van der Waals surface area contributed by atoms with Gasteiger partial charge in [0.25, 0.3) is 0 Å². The molecule has 1 unspecified atom stereocenters. The Morgan fingerprint density at radius 2 is 1.84 bits per heavy atom. The molecule has 0 aliphatic heterocycles. The van der Waals surface area contributed by atoms with E-state index in [1.54, 1.807) is 43.6 Å². The number of aliphatic carboxylic acids is 1. The molecule has 192 valence electrons. The fourth-order valence-electron chi connectivity index (χ4n) is 4.20. The lowest BCUT2D eigenvalue weighted by Crippen LogP contribution is -2.17. The molecule has 1 amide bonds. The van der Waals surface area contributed by atoms with E-state index in [9.17, 15) is 9.59 Å². The molecule has 38 heavy (non-hydrogen) atoms. The molecule has 0 spiro atoms. The predicted octanol–water partition coefficient (Wildman–Crippen LogP) is 7.52. The van der Waals surface area contributed by atoms with Crippen LogP contribution in [0.3, 0.4) is 0 Å². The van der Waals surface area contributed by atoms with Gasteiger partial charge in [0.05, 0.1) is 22.1 Å². The number of carbonyl (C=O) groups is 2. The van der Waals surface area contributed by atoms with Crippen molar-refractivity contribution in [1.82, 2.24) is 10.1 Å². The number of hydrogen-bond donors (Lipinski definition) is 2. The van der Waals surface area contributed by atoms with E-state index in [-0.39, 0.29) is 6.42 Å². The molecule has 0 bridgehead atoms. The summed E-state index contributed by atoms with van der Waals surface area (Å²) < 4.78 is 12.1. The van der Waals surface area contributed by atoms with Crippen molar-refractivity contribution >= 4 is 50.9 Å². The molecule has 8 nitrogen and oxygen atoms in total. The second kappa shape index (κ2) is 10.6. The minimum atomic E-state index is -0.877. The van der Waals surface area contributed by atoms with Crippen molar-refractivity contribution in [2.75, 3.05) is 5.32 Å². The van der Waals surface area contributed by atoms with Crippen LogP contribution in [0.1, 0.15) is 29.8 Å². The summed E-state index contributed by atoms with van der Waals surface area (Å²) in [6, 6.07) is 18.4. The summed E-state index contributed by atoms with van der Waals surface area (Å²) in [5, 5.41) is 16.4. The lowest BCUT2D eigenvalue weighted by Gasteiger charge is -2.15. The smallest absolute Gasteiger partial charge is 0.412 e. The largest absolute Gasteiger partial charge is 0.481 e. The molecule has 2 aromatic heterocycles. The van der Waals surface area contributed by atoms with Crippen molar-refractivity contribution in [3.05, 3.63) is 88.0 Å².